The fourth-order valence-corrected chi connectivity index (χ4v) is 4.06. The Bertz CT molecular complexity index is 1260. The molecule has 9 heteroatoms. The number of hydrogen-bond acceptors (Lipinski definition) is 6. The molecule has 0 saturated heterocycles. The zero-order valence-electron chi connectivity index (χ0n) is 14.4. The maximum Gasteiger partial charge on any atom is 0.234 e. The SMILES string of the molecule is S=c1[nH]n2c(-c3ccc(N4C=N/C(=C/c5ccc(Cl)cc5)C4)cc3)nnc2s1. The van der Waals surface area contributed by atoms with Gasteiger partial charge in [-0.3, -0.25) is 5.10 Å². The van der Waals surface area contributed by atoms with E-state index in [0.29, 0.717) is 3.95 Å². The highest BCUT2D eigenvalue weighted by Gasteiger charge is 2.14. The fourth-order valence-electron chi connectivity index (χ4n) is 3.02. The molecule has 3 heterocycles. The van der Waals surface area contributed by atoms with E-state index in [9.17, 15) is 0 Å². The number of halogens is 1. The Hall–Kier alpha value is -2.81. The van der Waals surface area contributed by atoms with Crippen molar-refractivity contribution in [2.75, 3.05) is 11.4 Å². The Morgan fingerprint density at radius 2 is 1.86 bits per heavy atom. The second-order valence-corrected chi connectivity index (χ2v) is 8.33. The lowest BCUT2D eigenvalue weighted by Crippen LogP contribution is -2.17. The van der Waals surface area contributed by atoms with Gasteiger partial charge in [0, 0.05) is 16.3 Å². The third-order valence-electron chi connectivity index (χ3n) is 4.38. The van der Waals surface area contributed by atoms with E-state index in [1.165, 1.54) is 11.3 Å². The third-order valence-corrected chi connectivity index (χ3v) is 5.69. The summed E-state index contributed by atoms with van der Waals surface area (Å²) >= 11 is 12.5. The second kappa shape index (κ2) is 6.97. The molecule has 2 aromatic carbocycles. The van der Waals surface area contributed by atoms with Crippen LogP contribution in [0.2, 0.25) is 5.02 Å². The number of nitrogens with zero attached hydrogens (tertiary/aromatic N) is 5. The number of aromatic amines is 1. The van der Waals surface area contributed by atoms with E-state index in [1.807, 2.05) is 47.3 Å². The van der Waals surface area contributed by atoms with Crippen LogP contribution in [0.4, 0.5) is 5.69 Å². The highest BCUT2D eigenvalue weighted by molar-refractivity contribution is 7.73. The van der Waals surface area contributed by atoms with Crippen LogP contribution in [0.1, 0.15) is 5.56 Å². The Morgan fingerprint density at radius 1 is 1.07 bits per heavy atom. The molecule has 0 aliphatic carbocycles. The van der Waals surface area contributed by atoms with Crippen LogP contribution in [-0.2, 0) is 0 Å². The van der Waals surface area contributed by atoms with Crippen molar-refractivity contribution < 1.29 is 0 Å². The molecule has 0 atom stereocenters. The predicted octanol–water partition coefficient (Wildman–Crippen LogP) is 5.06. The van der Waals surface area contributed by atoms with Gasteiger partial charge in [-0.2, -0.15) is 0 Å². The highest BCUT2D eigenvalue weighted by atomic mass is 35.5. The molecule has 0 unspecified atom stereocenters. The first-order valence-corrected chi connectivity index (χ1v) is 10.1. The van der Waals surface area contributed by atoms with Crippen LogP contribution < -0.4 is 4.90 Å². The van der Waals surface area contributed by atoms with Gasteiger partial charge in [0.05, 0.1) is 18.6 Å². The summed E-state index contributed by atoms with van der Waals surface area (Å²) in [6, 6.07) is 15.9. The lowest BCUT2D eigenvalue weighted by Gasteiger charge is -2.14. The number of fused-ring (bicyclic) bond motifs is 1. The van der Waals surface area contributed by atoms with Gasteiger partial charge < -0.3 is 4.90 Å². The van der Waals surface area contributed by atoms with Gasteiger partial charge in [0.1, 0.15) is 0 Å². The van der Waals surface area contributed by atoms with Crippen molar-refractivity contribution in [2.45, 2.75) is 0 Å². The van der Waals surface area contributed by atoms with Crippen molar-refractivity contribution >= 4 is 58.2 Å². The number of nitrogens with one attached hydrogen (secondary N) is 1. The van der Waals surface area contributed by atoms with E-state index in [2.05, 4.69) is 43.4 Å². The van der Waals surface area contributed by atoms with Crippen molar-refractivity contribution in [1.29, 1.82) is 0 Å². The van der Waals surface area contributed by atoms with Gasteiger partial charge in [0.15, 0.2) is 9.78 Å². The first kappa shape index (κ1) is 17.3. The number of rotatable bonds is 3. The van der Waals surface area contributed by atoms with E-state index < -0.39 is 0 Å². The fraction of sp³-hybridized carbons (Fsp3) is 0.0526. The van der Waals surface area contributed by atoms with E-state index in [-0.39, 0.29) is 0 Å². The van der Waals surface area contributed by atoms with Gasteiger partial charge in [0.25, 0.3) is 0 Å². The average Bonchev–Trinajstić information content (AvgIpc) is 3.40. The molecule has 1 N–H and O–H groups in total. The normalized spacial score (nSPS) is 15.2. The number of benzene rings is 2. The number of aliphatic imine (C=N–C) groups is 1. The first-order valence-electron chi connectivity index (χ1n) is 8.47. The van der Waals surface area contributed by atoms with Crippen molar-refractivity contribution in [3.05, 3.63) is 68.8 Å². The molecule has 1 aliphatic rings. The predicted molar refractivity (Wildman–Crippen MR) is 117 cm³/mol. The molecule has 28 heavy (non-hydrogen) atoms. The average molecular weight is 425 g/mol. The van der Waals surface area contributed by atoms with Crippen LogP contribution in [0.15, 0.2) is 59.2 Å². The number of aromatic nitrogens is 4. The van der Waals surface area contributed by atoms with Crippen molar-refractivity contribution in [3.63, 3.8) is 0 Å². The molecule has 0 radical (unpaired) electrons. The molecule has 0 spiro atoms. The zero-order valence-corrected chi connectivity index (χ0v) is 16.8. The Morgan fingerprint density at radius 3 is 2.64 bits per heavy atom. The molecule has 0 saturated carbocycles. The molecule has 0 fully saturated rings. The maximum absolute atomic E-state index is 5.94. The minimum atomic E-state index is 0.677. The molecule has 4 aromatic rings. The minimum absolute atomic E-state index is 0.677. The molecule has 6 nitrogen and oxygen atoms in total. The number of anilines is 1. The first-order chi connectivity index (χ1) is 13.7. The van der Waals surface area contributed by atoms with E-state index in [0.717, 1.165) is 44.9 Å². The molecule has 0 bridgehead atoms. The topological polar surface area (TPSA) is 61.6 Å². The highest BCUT2D eigenvalue weighted by Crippen LogP contribution is 2.25. The molecular formula is C19H13ClN6S2. The van der Waals surface area contributed by atoms with Crippen LogP contribution in [-0.4, -0.2) is 32.7 Å². The van der Waals surface area contributed by atoms with E-state index >= 15 is 0 Å². The van der Waals surface area contributed by atoms with Crippen molar-refractivity contribution in [3.8, 4) is 11.4 Å². The second-order valence-electron chi connectivity index (χ2n) is 6.25. The van der Waals surface area contributed by atoms with Gasteiger partial charge in [-0.15, -0.1) is 10.2 Å². The quantitative estimate of drug-likeness (QED) is 0.467. The lowest BCUT2D eigenvalue weighted by atomic mass is 10.1. The third kappa shape index (κ3) is 3.26. The van der Waals surface area contributed by atoms with Crippen molar-refractivity contribution in [1.82, 2.24) is 19.8 Å². The standard InChI is InChI=1S/C19H13ClN6S2/c20-14-5-1-12(2-6-14)9-15-10-25(11-21-15)16-7-3-13(4-8-16)17-22-23-18-26(17)24-19(27)28-18/h1-9,11H,10H2,(H,24,27)/b15-9+. The number of H-pyrrole nitrogens is 1. The Labute approximate surface area is 174 Å². The van der Waals surface area contributed by atoms with Gasteiger partial charge >= 0.3 is 0 Å². The summed E-state index contributed by atoms with van der Waals surface area (Å²) in [7, 11) is 0. The Kier molecular flexibility index (Phi) is 4.31. The molecule has 2 aromatic heterocycles. The summed E-state index contributed by atoms with van der Waals surface area (Å²) in [5.74, 6) is 0.743. The van der Waals surface area contributed by atoms with E-state index in [4.69, 9.17) is 23.8 Å². The largest absolute Gasteiger partial charge is 0.326 e. The molecular weight excluding hydrogens is 412 g/mol. The summed E-state index contributed by atoms with van der Waals surface area (Å²) in [6.45, 7) is 0.717. The summed E-state index contributed by atoms with van der Waals surface area (Å²) in [5, 5.41) is 12.2. The van der Waals surface area contributed by atoms with E-state index in [1.54, 1.807) is 0 Å². The van der Waals surface area contributed by atoms with Crippen molar-refractivity contribution in [2.24, 2.45) is 4.99 Å². The summed E-state index contributed by atoms with van der Waals surface area (Å²) < 4.78 is 2.49. The summed E-state index contributed by atoms with van der Waals surface area (Å²) in [5.41, 5.74) is 4.11. The van der Waals surface area contributed by atoms with Crippen LogP contribution in [0, 0.1) is 3.95 Å². The molecule has 1 aliphatic heterocycles. The van der Waals surface area contributed by atoms with Crippen LogP contribution in [0.3, 0.4) is 0 Å². The monoisotopic (exact) mass is 424 g/mol. The summed E-state index contributed by atoms with van der Waals surface area (Å²) in [4.78, 5) is 7.37. The van der Waals surface area contributed by atoms with Gasteiger partial charge in [0.2, 0.25) is 4.96 Å². The maximum atomic E-state index is 5.94. The van der Waals surface area contributed by atoms with Crippen LogP contribution >= 0.6 is 35.2 Å². The van der Waals surface area contributed by atoms with Gasteiger partial charge in [-0.25, -0.2) is 9.51 Å². The lowest BCUT2D eigenvalue weighted by molar-refractivity contribution is 0.958. The van der Waals surface area contributed by atoms with Crippen LogP contribution in [0.25, 0.3) is 22.4 Å². The smallest absolute Gasteiger partial charge is 0.234 e. The number of hydrogen-bond donors (Lipinski definition) is 1. The van der Waals surface area contributed by atoms with Gasteiger partial charge in [-0.1, -0.05) is 35.1 Å². The van der Waals surface area contributed by atoms with Gasteiger partial charge in [-0.05, 0) is 60.3 Å². The molecule has 138 valence electrons. The molecule has 0 amide bonds. The minimum Gasteiger partial charge on any atom is -0.326 e. The summed E-state index contributed by atoms with van der Waals surface area (Å²) in [6.07, 6.45) is 3.91. The molecule has 5 rings (SSSR count). The zero-order chi connectivity index (χ0) is 19.1. The Balaban J connectivity index is 1.36. The van der Waals surface area contributed by atoms with Crippen LogP contribution in [0.5, 0.6) is 0 Å².